The molecule has 2 aliphatic rings. The maximum absolute atomic E-state index is 13.5. The molecule has 6 nitrogen and oxygen atoms in total. The molecule has 8 heteroatoms. The zero-order chi connectivity index (χ0) is 19.7. The molecule has 0 radical (unpaired) electrons. The molecule has 2 aliphatic heterocycles. The van der Waals surface area contributed by atoms with E-state index in [0.717, 1.165) is 72.3 Å². The predicted octanol–water partition coefficient (Wildman–Crippen LogP) is 3.27. The first-order valence-electron chi connectivity index (χ1n) is 10.2. The lowest BCUT2D eigenvalue weighted by atomic mass is 10.1. The molecule has 4 heterocycles. The number of carbonyl (C=O) groups is 1. The van der Waals surface area contributed by atoms with Crippen molar-refractivity contribution in [1.29, 1.82) is 0 Å². The topological polar surface area (TPSA) is 73.2 Å². The Hall–Kier alpha value is -1.38. The number of hydrogen-bond acceptors (Lipinski definition) is 6. The second-order valence-corrected chi connectivity index (χ2v) is 9.88. The van der Waals surface area contributed by atoms with Crippen molar-refractivity contribution >= 4 is 39.2 Å². The number of thiophene rings is 1. The lowest BCUT2D eigenvalue weighted by Crippen LogP contribution is -2.33. The standard InChI is InChI=1S/C20H27N3O3S2/c1-3-14-12(2)27-18-16(14)19(25)23(11-13-7-6-10-26-13)20(22-18)28-15-8-4-5-9-21-17(15)24/h13,15H,3-11H2,1-2H3,(H,21,24). The quantitative estimate of drug-likeness (QED) is 0.750. The van der Waals surface area contributed by atoms with E-state index in [9.17, 15) is 9.59 Å². The Morgan fingerprint density at radius 2 is 2.14 bits per heavy atom. The van der Waals surface area contributed by atoms with E-state index in [-0.39, 0.29) is 22.8 Å². The largest absolute Gasteiger partial charge is 0.376 e. The van der Waals surface area contributed by atoms with Gasteiger partial charge in [-0.1, -0.05) is 25.1 Å². The average molecular weight is 422 g/mol. The van der Waals surface area contributed by atoms with Gasteiger partial charge in [0, 0.05) is 18.0 Å². The van der Waals surface area contributed by atoms with Crippen LogP contribution >= 0.6 is 23.1 Å². The number of fused-ring (bicyclic) bond motifs is 1. The number of nitrogens with one attached hydrogen (secondary N) is 1. The fraction of sp³-hybridized carbons (Fsp3) is 0.650. The number of hydrogen-bond donors (Lipinski definition) is 1. The molecule has 0 aromatic carbocycles. The minimum atomic E-state index is -0.200. The van der Waals surface area contributed by atoms with Crippen molar-refractivity contribution in [2.45, 2.75) is 75.4 Å². The highest BCUT2D eigenvalue weighted by Crippen LogP contribution is 2.32. The van der Waals surface area contributed by atoms with E-state index in [4.69, 9.17) is 9.72 Å². The third-order valence-corrected chi connectivity index (χ3v) is 7.87. The number of aryl methyl sites for hydroxylation is 2. The van der Waals surface area contributed by atoms with E-state index in [1.807, 2.05) is 0 Å². The number of thioether (sulfide) groups is 1. The molecule has 2 saturated heterocycles. The van der Waals surface area contributed by atoms with E-state index in [0.29, 0.717) is 11.7 Å². The van der Waals surface area contributed by atoms with Gasteiger partial charge in [0.1, 0.15) is 4.83 Å². The van der Waals surface area contributed by atoms with Crippen LogP contribution in [0.3, 0.4) is 0 Å². The molecule has 1 amide bonds. The van der Waals surface area contributed by atoms with Crippen molar-refractivity contribution in [3.05, 3.63) is 20.8 Å². The molecular weight excluding hydrogens is 394 g/mol. The Kier molecular flexibility index (Phi) is 6.08. The van der Waals surface area contributed by atoms with Crippen LogP contribution in [-0.2, 0) is 22.5 Å². The smallest absolute Gasteiger partial charge is 0.263 e. The molecule has 0 spiro atoms. The van der Waals surface area contributed by atoms with Gasteiger partial charge >= 0.3 is 0 Å². The summed E-state index contributed by atoms with van der Waals surface area (Å²) in [4.78, 5) is 32.8. The van der Waals surface area contributed by atoms with E-state index in [1.54, 1.807) is 15.9 Å². The Balaban J connectivity index is 1.78. The Bertz CT molecular complexity index is 931. The van der Waals surface area contributed by atoms with Crippen LogP contribution in [-0.4, -0.2) is 40.0 Å². The summed E-state index contributed by atoms with van der Waals surface area (Å²) >= 11 is 3.02. The number of ether oxygens (including phenoxy) is 1. The summed E-state index contributed by atoms with van der Waals surface area (Å²) in [6.07, 6.45) is 5.68. The molecule has 152 valence electrons. The van der Waals surface area contributed by atoms with Crippen molar-refractivity contribution < 1.29 is 9.53 Å². The summed E-state index contributed by atoms with van der Waals surface area (Å²) in [5.41, 5.74) is 1.11. The van der Waals surface area contributed by atoms with Crippen LogP contribution in [0.1, 0.15) is 49.5 Å². The van der Waals surface area contributed by atoms with Crippen molar-refractivity contribution in [2.75, 3.05) is 13.2 Å². The third kappa shape index (κ3) is 3.86. The zero-order valence-electron chi connectivity index (χ0n) is 16.5. The molecule has 1 N–H and O–H groups in total. The highest BCUT2D eigenvalue weighted by Gasteiger charge is 2.27. The van der Waals surface area contributed by atoms with E-state index < -0.39 is 0 Å². The zero-order valence-corrected chi connectivity index (χ0v) is 18.1. The SMILES string of the molecule is CCc1c(C)sc2nc(SC3CCCCNC3=O)n(CC3CCCO3)c(=O)c12. The fourth-order valence-electron chi connectivity index (χ4n) is 4.05. The Labute approximate surface area is 173 Å². The summed E-state index contributed by atoms with van der Waals surface area (Å²) in [5, 5.41) is 4.18. The number of carbonyl (C=O) groups excluding carboxylic acids is 1. The fourth-order valence-corrected chi connectivity index (χ4v) is 6.37. The van der Waals surface area contributed by atoms with Gasteiger partial charge in [-0.15, -0.1) is 11.3 Å². The summed E-state index contributed by atoms with van der Waals surface area (Å²) in [6.45, 7) is 6.13. The maximum atomic E-state index is 13.5. The Morgan fingerprint density at radius 1 is 1.29 bits per heavy atom. The van der Waals surface area contributed by atoms with Crippen LogP contribution in [0.4, 0.5) is 0 Å². The van der Waals surface area contributed by atoms with Crippen molar-refractivity contribution in [3.8, 4) is 0 Å². The van der Waals surface area contributed by atoms with Crippen molar-refractivity contribution in [2.24, 2.45) is 0 Å². The molecule has 0 saturated carbocycles. The first-order chi connectivity index (χ1) is 13.6. The molecule has 4 rings (SSSR count). The minimum Gasteiger partial charge on any atom is -0.376 e. The van der Waals surface area contributed by atoms with Crippen LogP contribution in [0.5, 0.6) is 0 Å². The van der Waals surface area contributed by atoms with Gasteiger partial charge in [-0.2, -0.15) is 0 Å². The van der Waals surface area contributed by atoms with Gasteiger partial charge in [0.25, 0.3) is 5.56 Å². The monoisotopic (exact) mass is 421 g/mol. The minimum absolute atomic E-state index is 0.0123. The average Bonchev–Trinajstić information content (AvgIpc) is 3.24. The summed E-state index contributed by atoms with van der Waals surface area (Å²) in [6, 6.07) is 0. The van der Waals surface area contributed by atoms with Gasteiger partial charge in [-0.25, -0.2) is 4.98 Å². The molecule has 2 unspecified atom stereocenters. The second kappa shape index (κ2) is 8.55. The number of aromatic nitrogens is 2. The van der Waals surface area contributed by atoms with Gasteiger partial charge < -0.3 is 10.1 Å². The first kappa shape index (κ1) is 19.9. The molecule has 0 bridgehead atoms. The van der Waals surface area contributed by atoms with E-state index in [2.05, 4.69) is 19.2 Å². The first-order valence-corrected chi connectivity index (χ1v) is 11.9. The number of rotatable bonds is 5. The van der Waals surface area contributed by atoms with Crippen LogP contribution in [0, 0.1) is 6.92 Å². The van der Waals surface area contributed by atoms with Gasteiger partial charge in [0.2, 0.25) is 5.91 Å². The molecule has 2 aromatic heterocycles. The van der Waals surface area contributed by atoms with E-state index >= 15 is 0 Å². The summed E-state index contributed by atoms with van der Waals surface area (Å²) < 4.78 is 7.57. The van der Waals surface area contributed by atoms with Crippen LogP contribution < -0.4 is 10.9 Å². The maximum Gasteiger partial charge on any atom is 0.263 e. The Morgan fingerprint density at radius 3 is 2.89 bits per heavy atom. The highest BCUT2D eigenvalue weighted by molar-refractivity contribution is 8.00. The molecule has 2 atom stereocenters. The third-order valence-electron chi connectivity index (χ3n) is 5.57. The second-order valence-electron chi connectivity index (χ2n) is 7.51. The van der Waals surface area contributed by atoms with Gasteiger partial charge in [-0.05, 0) is 44.6 Å². The lowest BCUT2D eigenvalue weighted by Gasteiger charge is -2.18. The molecule has 0 aliphatic carbocycles. The molecule has 2 aromatic rings. The van der Waals surface area contributed by atoms with Crippen molar-refractivity contribution in [3.63, 3.8) is 0 Å². The van der Waals surface area contributed by atoms with E-state index in [1.165, 1.54) is 11.8 Å². The normalized spacial score (nSPS) is 23.1. The van der Waals surface area contributed by atoms with Gasteiger partial charge in [0.05, 0.1) is 23.3 Å². The van der Waals surface area contributed by atoms with Crippen LogP contribution in [0.2, 0.25) is 0 Å². The van der Waals surface area contributed by atoms with Crippen LogP contribution in [0.25, 0.3) is 10.2 Å². The highest BCUT2D eigenvalue weighted by atomic mass is 32.2. The number of nitrogens with zero attached hydrogens (tertiary/aromatic N) is 2. The van der Waals surface area contributed by atoms with Gasteiger partial charge in [0.15, 0.2) is 5.16 Å². The van der Waals surface area contributed by atoms with Crippen LogP contribution in [0.15, 0.2) is 9.95 Å². The molecular formula is C20H27N3O3S2. The van der Waals surface area contributed by atoms with Gasteiger partial charge in [-0.3, -0.25) is 14.2 Å². The van der Waals surface area contributed by atoms with Crippen molar-refractivity contribution in [1.82, 2.24) is 14.9 Å². The molecule has 28 heavy (non-hydrogen) atoms. The summed E-state index contributed by atoms with van der Waals surface area (Å²) in [7, 11) is 0. The predicted molar refractivity (Wildman–Crippen MR) is 113 cm³/mol. The molecule has 2 fully saturated rings. The lowest BCUT2D eigenvalue weighted by molar-refractivity contribution is -0.120. The summed E-state index contributed by atoms with van der Waals surface area (Å²) in [5.74, 6) is 0.0529. The number of amides is 1.